The standard InChI is InChI=1S/C22H28F3N7O/c1-15(2)32-20-18(30-21(32)26-6-7-31-8-10-33-11-9-31)19(28-14-29-20)27-13-16-4-3-5-17(12-16)22(23,24)25/h3-5,12,14-15H,6-11,13H2,1-2H3,(H,26,30)(H,27,28,29). The Kier molecular flexibility index (Phi) is 6.99. The van der Waals surface area contributed by atoms with Crippen LogP contribution in [0.25, 0.3) is 11.2 Å². The second kappa shape index (κ2) is 9.92. The topological polar surface area (TPSA) is 80.1 Å². The molecule has 1 fully saturated rings. The van der Waals surface area contributed by atoms with E-state index in [9.17, 15) is 13.2 Å². The van der Waals surface area contributed by atoms with Crippen LogP contribution in [0.2, 0.25) is 0 Å². The van der Waals surface area contributed by atoms with Crippen molar-refractivity contribution in [3.8, 4) is 0 Å². The molecule has 0 unspecified atom stereocenters. The average Bonchev–Trinajstić information content (AvgIpc) is 3.17. The van der Waals surface area contributed by atoms with Crippen molar-refractivity contribution in [1.29, 1.82) is 0 Å². The molecule has 1 aliphatic heterocycles. The van der Waals surface area contributed by atoms with Gasteiger partial charge in [-0.25, -0.2) is 15.0 Å². The fraction of sp³-hybridized carbons (Fsp3) is 0.500. The lowest BCUT2D eigenvalue weighted by atomic mass is 10.1. The Balaban J connectivity index is 1.51. The van der Waals surface area contributed by atoms with E-state index < -0.39 is 11.7 Å². The van der Waals surface area contributed by atoms with Gasteiger partial charge in [-0.05, 0) is 31.5 Å². The minimum Gasteiger partial charge on any atom is -0.379 e. The van der Waals surface area contributed by atoms with E-state index in [1.54, 1.807) is 6.07 Å². The van der Waals surface area contributed by atoms with Gasteiger partial charge in [-0.15, -0.1) is 0 Å². The molecule has 1 aliphatic rings. The van der Waals surface area contributed by atoms with Crippen molar-refractivity contribution in [3.05, 3.63) is 41.7 Å². The first-order valence-electron chi connectivity index (χ1n) is 11.0. The van der Waals surface area contributed by atoms with Gasteiger partial charge >= 0.3 is 6.18 Å². The Morgan fingerprint density at radius 2 is 1.91 bits per heavy atom. The van der Waals surface area contributed by atoms with Crippen LogP contribution < -0.4 is 10.6 Å². The highest BCUT2D eigenvalue weighted by Gasteiger charge is 2.30. The predicted molar refractivity (Wildman–Crippen MR) is 120 cm³/mol. The average molecular weight is 464 g/mol. The van der Waals surface area contributed by atoms with Crippen LogP contribution in [0.1, 0.15) is 31.0 Å². The predicted octanol–water partition coefficient (Wildman–Crippen LogP) is 3.78. The molecule has 1 aromatic carbocycles. The molecule has 1 saturated heterocycles. The lowest BCUT2D eigenvalue weighted by molar-refractivity contribution is -0.137. The van der Waals surface area contributed by atoms with Gasteiger partial charge in [0.05, 0.1) is 18.8 Å². The van der Waals surface area contributed by atoms with Crippen molar-refractivity contribution in [1.82, 2.24) is 24.4 Å². The summed E-state index contributed by atoms with van der Waals surface area (Å²) in [6, 6.07) is 5.35. The van der Waals surface area contributed by atoms with E-state index in [1.165, 1.54) is 12.4 Å². The normalized spacial score (nSPS) is 15.3. The smallest absolute Gasteiger partial charge is 0.379 e. The number of morpholine rings is 1. The molecular weight excluding hydrogens is 435 g/mol. The number of benzene rings is 1. The number of anilines is 2. The summed E-state index contributed by atoms with van der Waals surface area (Å²) in [5.74, 6) is 1.17. The number of imidazole rings is 1. The maximum absolute atomic E-state index is 13.0. The molecule has 11 heteroatoms. The van der Waals surface area contributed by atoms with Gasteiger partial charge < -0.3 is 15.4 Å². The molecule has 3 heterocycles. The monoisotopic (exact) mass is 463 g/mol. The van der Waals surface area contributed by atoms with E-state index in [0.717, 1.165) is 51.5 Å². The summed E-state index contributed by atoms with van der Waals surface area (Å²) in [4.78, 5) is 15.8. The van der Waals surface area contributed by atoms with Crippen LogP contribution in [0.15, 0.2) is 30.6 Å². The largest absolute Gasteiger partial charge is 0.416 e. The first kappa shape index (κ1) is 23.2. The molecule has 0 atom stereocenters. The van der Waals surface area contributed by atoms with Crippen LogP contribution in [0, 0.1) is 0 Å². The van der Waals surface area contributed by atoms with E-state index in [-0.39, 0.29) is 12.6 Å². The molecule has 0 bridgehead atoms. The number of nitrogens with one attached hydrogen (secondary N) is 2. The zero-order valence-electron chi connectivity index (χ0n) is 18.7. The zero-order chi connectivity index (χ0) is 23.4. The number of aromatic nitrogens is 4. The van der Waals surface area contributed by atoms with E-state index in [1.807, 2.05) is 18.4 Å². The Labute approximate surface area is 190 Å². The molecule has 178 valence electrons. The maximum Gasteiger partial charge on any atom is 0.416 e. The van der Waals surface area contributed by atoms with Crippen molar-refractivity contribution in [3.63, 3.8) is 0 Å². The van der Waals surface area contributed by atoms with Crippen molar-refractivity contribution < 1.29 is 17.9 Å². The van der Waals surface area contributed by atoms with E-state index in [2.05, 4.69) is 25.5 Å². The Bertz CT molecular complexity index is 1080. The quantitative estimate of drug-likeness (QED) is 0.526. The van der Waals surface area contributed by atoms with Gasteiger partial charge in [-0.2, -0.15) is 13.2 Å². The lowest BCUT2D eigenvalue weighted by Crippen LogP contribution is -2.39. The number of alkyl halides is 3. The van der Waals surface area contributed by atoms with Crippen molar-refractivity contribution in [2.45, 2.75) is 32.6 Å². The molecule has 0 spiro atoms. The molecule has 0 amide bonds. The molecule has 0 aliphatic carbocycles. The summed E-state index contributed by atoms with van der Waals surface area (Å²) >= 11 is 0. The van der Waals surface area contributed by atoms with Crippen LogP contribution in [0.5, 0.6) is 0 Å². The van der Waals surface area contributed by atoms with Gasteiger partial charge in [0, 0.05) is 38.8 Å². The van der Waals surface area contributed by atoms with Crippen molar-refractivity contribution in [2.24, 2.45) is 0 Å². The number of hydrogen-bond donors (Lipinski definition) is 2. The second-order valence-electron chi connectivity index (χ2n) is 8.23. The minimum absolute atomic E-state index is 0.104. The second-order valence-corrected chi connectivity index (χ2v) is 8.23. The zero-order valence-corrected chi connectivity index (χ0v) is 18.7. The SMILES string of the molecule is CC(C)n1c(NCCN2CCOCC2)nc2c(NCc3cccc(C(F)(F)F)c3)ncnc21. The summed E-state index contributed by atoms with van der Waals surface area (Å²) in [5.41, 5.74) is 1.07. The van der Waals surface area contributed by atoms with E-state index in [0.29, 0.717) is 28.5 Å². The number of hydrogen-bond acceptors (Lipinski definition) is 7. The van der Waals surface area contributed by atoms with Crippen LogP contribution in [-0.4, -0.2) is 63.8 Å². The van der Waals surface area contributed by atoms with Gasteiger partial charge in [-0.1, -0.05) is 12.1 Å². The van der Waals surface area contributed by atoms with Gasteiger partial charge in [0.2, 0.25) is 5.95 Å². The Morgan fingerprint density at radius 1 is 1.12 bits per heavy atom. The summed E-state index contributed by atoms with van der Waals surface area (Å²) in [6.07, 6.45) is -2.94. The summed E-state index contributed by atoms with van der Waals surface area (Å²) in [5, 5.41) is 6.53. The first-order valence-corrected chi connectivity index (χ1v) is 11.0. The third-order valence-electron chi connectivity index (χ3n) is 5.52. The fourth-order valence-electron chi connectivity index (χ4n) is 3.85. The van der Waals surface area contributed by atoms with Crippen LogP contribution in [0.3, 0.4) is 0 Å². The summed E-state index contributed by atoms with van der Waals surface area (Å²) < 4.78 is 46.4. The van der Waals surface area contributed by atoms with Crippen molar-refractivity contribution in [2.75, 3.05) is 50.0 Å². The highest BCUT2D eigenvalue weighted by atomic mass is 19.4. The fourth-order valence-corrected chi connectivity index (χ4v) is 3.85. The highest BCUT2D eigenvalue weighted by Crippen LogP contribution is 2.30. The number of ether oxygens (including phenoxy) is 1. The number of fused-ring (bicyclic) bond motifs is 1. The van der Waals surface area contributed by atoms with E-state index >= 15 is 0 Å². The Morgan fingerprint density at radius 3 is 2.64 bits per heavy atom. The molecule has 2 N–H and O–H groups in total. The molecule has 33 heavy (non-hydrogen) atoms. The first-order chi connectivity index (χ1) is 15.8. The molecule has 3 aromatic rings. The molecule has 8 nitrogen and oxygen atoms in total. The number of nitrogens with zero attached hydrogens (tertiary/aromatic N) is 5. The number of halogens is 3. The van der Waals surface area contributed by atoms with Crippen LogP contribution >= 0.6 is 0 Å². The minimum atomic E-state index is -4.38. The van der Waals surface area contributed by atoms with Crippen LogP contribution in [-0.2, 0) is 17.5 Å². The lowest BCUT2D eigenvalue weighted by Gasteiger charge is -2.26. The third kappa shape index (κ3) is 5.53. The van der Waals surface area contributed by atoms with Gasteiger partial charge in [0.25, 0.3) is 0 Å². The van der Waals surface area contributed by atoms with Gasteiger partial charge in [-0.3, -0.25) is 9.47 Å². The molecule has 4 rings (SSSR count). The summed E-state index contributed by atoms with van der Waals surface area (Å²) in [7, 11) is 0. The Hall–Kier alpha value is -2.92. The summed E-state index contributed by atoms with van der Waals surface area (Å²) in [6.45, 7) is 9.20. The third-order valence-corrected chi connectivity index (χ3v) is 5.52. The molecular formula is C22H28F3N7O. The number of rotatable bonds is 8. The van der Waals surface area contributed by atoms with E-state index in [4.69, 9.17) is 9.72 Å². The van der Waals surface area contributed by atoms with Gasteiger partial charge in [0.15, 0.2) is 17.0 Å². The maximum atomic E-state index is 13.0. The van der Waals surface area contributed by atoms with Gasteiger partial charge in [0.1, 0.15) is 6.33 Å². The highest BCUT2D eigenvalue weighted by molar-refractivity contribution is 5.85. The molecule has 0 saturated carbocycles. The molecule has 0 radical (unpaired) electrons. The van der Waals surface area contributed by atoms with Crippen molar-refractivity contribution >= 4 is 22.9 Å². The molecule has 2 aromatic heterocycles. The van der Waals surface area contributed by atoms with Crippen LogP contribution in [0.4, 0.5) is 24.9 Å².